The molecule has 0 aliphatic heterocycles. The molecule has 3 unspecified atom stereocenters. The fourth-order valence-corrected chi connectivity index (χ4v) is 10.1. The summed E-state index contributed by atoms with van der Waals surface area (Å²) in [7, 11) is -7.36. The van der Waals surface area contributed by atoms with Gasteiger partial charge in [0.1, 0.15) is 0 Å². The molecule has 0 aromatic heterocycles. The normalized spacial score (nSPS) is 12.5. The Morgan fingerprint density at radius 2 is 0.297 bits per heavy atom. The van der Waals surface area contributed by atoms with Gasteiger partial charge < -0.3 is 28.4 Å². The second-order valence-electron chi connectivity index (χ2n) is 19.3. The molecule has 0 aliphatic carbocycles. The molecule has 0 saturated carbocycles. The first kappa shape index (κ1) is 71.7. The second kappa shape index (κ2) is 68.4. The molecular weight excluding hydrogens is 890 g/mol. The quantitative estimate of drug-likeness (QED) is 0.0442. The molecule has 6 nitrogen and oxygen atoms in total. The largest absolute Gasteiger partial charge is 3.00 e. The minimum Gasteiger partial charge on any atom is -0.802 e. The third-order valence-electron chi connectivity index (χ3n) is 12.7. The summed E-state index contributed by atoms with van der Waals surface area (Å²) in [5, 5.41) is 0. The van der Waals surface area contributed by atoms with Crippen molar-refractivity contribution < 1.29 is 45.7 Å². The molecule has 0 aliphatic rings. The van der Waals surface area contributed by atoms with Crippen molar-refractivity contribution in [3.63, 3.8) is 0 Å². The van der Waals surface area contributed by atoms with Gasteiger partial charge in [0.05, 0.1) is 0 Å². The Morgan fingerprint density at radius 1 is 0.203 bits per heavy atom. The molecule has 0 heterocycles. The van der Waals surface area contributed by atoms with Crippen LogP contribution in [0.2, 0.25) is 0 Å². The summed E-state index contributed by atoms with van der Waals surface area (Å²) < 4.78 is 31.3. The Balaban J connectivity index is -0.000000419. The summed E-state index contributed by atoms with van der Waals surface area (Å²) in [4.78, 5) is 31.3. The van der Waals surface area contributed by atoms with Crippen molar-refractivity contribution in [1.82, 2.24) is 0 Å². The van der Waals surface area contributed by atoms with Crippen LogP contribution in [0.3, 0.4) is 0 Å². The van der Waals surface area contributed by atoms with E-state index in [4.69, 9.17) is 0 Å². The van der Waals surface area contributed by atoms with E-state index in [1.807, 2.05) is 0 Å². The summed E-state index contributed by atoms with van der Waals surface area (Å²) in [5.74, 6) is 0. The van der Waals surface area contributed by atoms with Crippen molar-refractivity contribution in [2.24, 2.45) is 0 Å². The minimum absolute atomic E-state index is 0. The van der Waals surface area contributed by atoms with E-state index in [0.29, 0.717) is 18.5 Å². The van der Waals surface area contributed by atoms with Crippen molar-refractivity contribution >= 4 is 24.1 Å². The molecule has 0 fully saturated rings. The third kappa shape index (κ3) is 80.2. The molecule has 0 saturated heterocycles. The van der Waals surface area contributed by atoms with Gasteiger partial charge in [-0.2, -0.15) is 0 Å². The predicted molar refractivity (Wildman–Crippen MR) is 280 cm³/mol. The van der Waals surface area contributed by atoms with Crippen molar-refractivity contribution in [2.45, 2.75) is 329 Å². The van der Waals surface area contributed by atoms with Gasteiger partial charge in [0, 0.05) is 24.1 Å². The minimum atomic E-state index is -2.45. The van der Waals surface area contributed by atoms with Crippen LogP contribution in [0, 0.1) is 0 Å². The molecule has 0 aromatic rings. The van der Waals surface area contributed by atoms with Crippen LogP contribution in [0.5, 0.6) is 0 Å². The first-order chi connectivity index (χ1) is 30.8. The zero-order chi connectivity index (χ0) is 46.8. The van der Waals surface area contributed by atoms with Gasteiger partial charge in [0.15, 0.2) is 0 Å². The maximum absolute atomic E-state index is 10.4. The smallest absolute Gasteiger partial charge is 0.802 e. The van der Waals surface area contributed by atoms with Crippen LogP contribution in [0.1, 0.15) is 329 Å². The molecule has 0 bridgehead atoms. The van der Waals surface area contributed by atoms with Crippen molar-refractivity contribution in [1.29, 1.82) is 0 Å². The molecule has 64 heavy (non-hydrogen) atoms. The summed E-state index contributed by atoms with van der Waals surface area (Å²) in [6.45, 7) is 6.82. The van der Waals surface area contributed by atoms with Crippen LogP contribution in [0.15, 0.2) is 0 Å². The van der Waals surface area contributed by atoms with Gasteiger partial charge in [-0.25, -0.2) is 0 Å². The molecule has 1 radical (unpaired) electrons. The molecule has 0 spiro atoms. The van der Waals surface area contributed by atoms with Crippen LogP contribution in [0.4, 0.5) is 0 Å². The van der Waals surface area contributed by atoms with Gasteiger partial charge in [-0.3, -0.25) is 0 Å². The Hall–Kier alpha value is 1.10. The summed E-state index contributed by atoms with van der Waals surface area (Å²) in [6, 6.07) is 0. The Kier molecular flexibility index (Phi) is 76.5. The monoisotopic (exact) mass is 1000 g/mol. The second-order valence-corrected chi connectivity index (χ2v) is 23.0. The van der Waals surface area contributed by atoms with Gasteiger partial charge in [-0.1, -0.05) is 310 Å². The van der Waals surface area contributed by atoms with Crippen LogP contribution < -0.4 is 14.7 Å². The van der Waals surface area contributed by atoms with Crippen molar-refractivity contribution in [3.05, 3.63) is 0 Å². The SMILES string of the molecule is CCCCCCCCCCCCCCCCCC[PH](=O)[O-].CCCCCCCCCCCCCCCCCC[PH](=O)[O-].CCCCCCCCCCCCCCCCCC[PH](=O)[O-].[Cr+3]. The van der Waals surface area contributed by atoms with E-state index in [1.165, 1.54) is 270 Å². The van der Waals surface area contributed by atoms with E-state index in [-0.39, 0.29) is 17.4 Å². The fourth-order valence-electron chi connectivity index (χ4n) is 8.45. The number of rotatable bonds is 51. The summed E-state index contributed by atoms with van der Waals surface area (Å²) >= 11 is 0. The van der Waals surface area contributed by atoms with Gasteiger partial charge in [-0.15, -0.1) is 0 Å². The Bertz CT molecular complexity index is 775. The standard InChI is InChI=1S/3C18H39O2P.Cr/c3*1-2-3-4-5-6-7-8-9-10-11-12-13-14-15-16-17-18-21(19)20;/h3*21H,2-18H2,1H3,(H,19,20);/q;;;+3/p-3. The molecule has 0 N–H and O–H groups in total. The van der Waals surface area contributed by atoms with Crippen LogP contribution in [0.25, 0.3) is 0 Å². The summed E-state index contributed by atoms with van der Waals surface area (Å²) in [6.07, 6.45) is 65.3. The van der Waals surface area contributed by atoms with Gasteiger partial charge >= 0.3 is 17.4 Å². The molecule has 10 heteroatoms. The zero-order valence-electron chi connectivity index (χ0n) is 43.4. The van der Waals surface area contributed by atoms with E-state index in [2.05, 4.69) is 20.8 Å². The van der Waals surface area contributed by atoms with Crippen molar-refractivity contribution in [3.8, 4) is 0 Å². The number of hydrogen-bond acceptors (Lipinski definition) is 6. The maximum atomic E-state index is 10.4. The summed E-state index contributed by atoms with van der Waals surface area (Å²) in [5.41, 5.74) is 0. The average molecular weight is 1000 g/mol. The fraction of sp³-hybridized carbons (Fsp3) is 1.00. The van der Waals surface area contributed by atoms with E-state index < -0.39 is 24.1 Å². The molecule has 0 amide bonds. The average Bonchev–Trinajstić information content (AvgIpc) is 3.26. The maximum Gasteiger partial charge on any atom is 3.00 e. The number of hydrogen-bond donors (Lipinski definition) is 0. The molecule has 0 aromatic carbocycles. The Morgan fingerprint density at radius 3 is 0.391 bits per heavy atom. The topological polar surface area (TPSA) is 120 Å². The predicted octanol–water partition coefficient (Wildman–Crippen LogP) is 18.2. The molecular formula is C54H114CrO6P3. The van der Waals surface area contributed by atoms with Gasteiger partial charge in [0.25, 0.3) is 0 Å². The first-order valence-corrected chi connectivity index (χ1v) is 33.0. The zero-order valence-corrected chi connectivity index (χ0v) is 47.7. The van der Waals surface area contributed by atoms with E-state index in [0.717, 1.165) is 38.5 Å². The van der Waals surface area contributed by atoms with E-state index in [9.17, 15) is 28.4 Å². The van der Waals surface area contributed by atoms with E-state index >= 15 is 0 Å². The van der Waals surface area contributed by atoms with E-state index in [1.54, 1.807) is 0 Å². The Labute approximate surface area is 415 Å². The van der Waals surface area contributed by atoms with Gasteiger partial charge in [0.2, 0.25) is 0 Å². The van der Waals surface area contributed by atoms with Crippen LogP contribution in [-0.2, 0) is 31.1 Å². The van der Waals surface area contributed by atoms with Crippen molar-refractivity contribution in [2.75, 3.05) is 18.5 Å². The molecule has 0 rings (SSSR count). The molecule has 3 atom stereocenters. The van der Waals surface area contributed by atoms with Crippen LogP contribution >= 0.6 is 24.1 Å². The molecule has 387 valence electrons. The number of unbranched alkanes of at least 4 members (excludes halogenated alkanes) is 45. The third-order valence-corrected chi connectivity index (χ3v) is 15.0. The van der Waals surface area contributed by atoms with Crippen LogP contribution in [-0.4, -0.2) is 18.5 Å². The van der Waals surface area contributed by atoms with Gasteiger partial charge in [-0.05, 0) is 37.7 Å². The first-order valence-electron chi connectivity index (χ1n) is 28.4.